The molecule has 120 valence electrons. The number of anilines is 1. The van der Waals surface area contributed by atoms with Gasteiger partial charge in [0.1, 0.15) is 0 Å². The lowest BCUT2D eigenvalue weighted by Crippen LogP contribution is -2.19. The van der Waals surface area contributed by atoms with E-state index in [0.717, 1.165) is 22.6 Å². The van der Waals surface area contributed by atoms with Crippen LogP contribution in [0.4, 0.5) is 5.69 Å². The highest BCUT2D eigenvalue weighted by atomic mass is 127. The number of rotatable bonds is 4. The predicted octanol–water partition coefficient (Wildman–Crippen LogP) is 2.95. The largest absolute Gasteiger partial charge is 0.316 e. The van der Waals surface area contributed by atoms with E-state index in [1.807, 2.05) is 12.1 Å². The third kappa shape index (κ3) is 2.77. The highest BCUT2D eigenvalue weighted by Gasteiger charge is 2.57. The van der Waals surface area contributed by atoms with Crippen molar-refractivity contribution >= 4 is 38.3 Å². The Balaban J connectivity index is 1.54. The number of fused-ring (bicyclic) bond motifs is 1. The Bertz CT molecular complexity index is 834. The molecule has 0 radical (unpaired) electrons. The lowest BCUT2D eigenvalue weighted by Gasteiger charge is -2.14. The van der Waals surface area contributed by atoms with Gasteiger partial charge in [0.05, 0.1) is 4.90 Å². The summed E-state index contributed by atoms with van der Waals surface area (Å²) in [6.07, 6.45) is 1.24. The van der Waals surface area contributed by atoms with Gasteiger partial charge in [-0.2, -0.15) is 0 Å². The summed E-state index contributed by atoms with van der Waals surface area (Å²) >= 11 is 2.16. The fourth-order valence-corrected chi connectivity index (χ4v) is 4.91. The minimum absolute atomic E-state index is 0.280. The van der Waals surface area contributed by atoms with Gasteiger partial charge in [-0.25, -0.2) is 8.42 Å². The molecule has 0 amide bonds. The number of piperidine rings is 1. The minimum atomic E-state index is -3.53. The van der Waals surface area contributed by atoms with Crippen molar-refractivity contribution in [1.82, 2.24) is 5.32 Å². The van der Waals surface area contributed by atoms with E-state index >= 15 is 0 Å². The molecular weight excluding hydrogens is 423 g/mol. The monoisotopic (exact) mass is 440 g/mol. The lowest BCUT2D eigenvalue weighted by atomic mass is 9.95. The van der Waals surface area contributed by atoms with Gasteiger partial charge in [0, 0.05) is 21.2 Å². The van der Waals surface area contributed by atoms with Crippen molar-refractivity contribution in [3.63, 3.8) is 0 Å². The number of hydrogen-bond donors (Lipinski definition) is 2. The molecule has 1 aliphatic heterocycles. The van der Waals surface area contributed by atoms with Crippen molar-refractivity contribution in [1.29, 1.82) is 0 Å². The maximum absolute atomic E-state index is 12.4. The van der Waals surface area contributed by atoms with Crippen LogP contribution in [0.3, 0.4) is 0 Å². The van der Waals surface area contributed by atoms with Crippen molar-refractivity contribution < 1.29 is 8.42 Å². The van der Waals surface area contributed by atoms with Gasteiger partial charge in [-0.15, -0.1) is 0 Å². The molecule has 1 saturated heterocycles. The van der Waals surface area contributed by atoms with Gasteiger partial charge < -0.3 is 5.32 Å². The molecular formula is C17H17IN2O2S. The number of hydrogen-bond acceptors (Lipinski definition) is 3. The minimum Gasteiger partial charge on any atom is -0.316 e. The summed E-state index contributed by atoms with van der Waals surface area (Å²) in [5.74, 6) is 0.747. The molecule has 2 fully saturated rings. The predicted molar refractivity (Wildman–Crippen MR) is 99.1 cm³/mol. The van der Waals surface area contributed by atoms with E-state index in [0.29, 0.717) is 11.1 Å². The Morgan fingerprint density at radius 3 is 2.35 bits per heavy atom. The first-order chi connectivity index (χ1) is 11.0. The fourth-order valence-electron chi connectivity index (χ4n) is 3.49. The van der Waals surface area contributed by atoms with Crippen LogP contribution in [0.2, 0.25) is 0 Å². The van der Waals surface area contributed by atoms with Crippen molar-refractivity contribution in [3.05, 3.63) is 57.7 Å². The van der Waals surface area contributed by atoms with Gasteiger partial charge in [-0.05, 0) is 83.4 Å². The fraction of sp³-hybridized carbons (Fsp3) is 0.294. The Hall–Kier alpha value is -1.12. The van der Waals surface area contributed by atoms with E-state index in [9.17, 15) is 8.42 Å². The molecule has 0 aromatic heterocycles. The second-order valence-corrected chi connectivity index (χ2v) is 9.25. The molecule has 23 heavy (non-hydrogen) atoms. The maximum Gasteiger partial charge on any atom is 0.261 e. The van der Waals surface area contributed by atoms with Crippen LogP contribution in [0.15, 0.2) is 53.4 Å². The standard InChI is InChI=1S/C17H17IN2O2S/c18-14-3-7-16(8-4-14)23(21,22)20-15-5-1-12(2-6-15)17-9-13(17)10-19-11-17/h1-8,13,19-20H,9-11H2/t13-,17+/m0/s1. The SMILES string of the molecule is O=S(=O)(Nc1ccc([C@@]23CNC[C@@H]2C3)cc1)c1ccc(I)cc1. The van der Waals surface area contributed by atoms with Crippen molar-refractivity contribution in [2.45, 2.75) is 16.7 Å². The van der Waals surface area contributed by atoms with Crippen LogP contribution >= 0.6 is 22.6 Å². The van der Waals surface area contributed by atoms with Crippen LogP contribution < -0.4 is 10.0 Å². The summed E-state index contributed by atoms with van der Waals surface area (Å²) in [4.78, 5) is 0.280. The molecule has 1 heterocycles. The van der Waals surface area contributed by atoms with Gasteiger partial charge in [0.2, 0.25) is 0 Å². The van der Waals surface area contributed by atoms with Gasteiger partial charge in [-0.1, -0.05) is 12.1 Å². The smallest absolute Gasteiger partial charge is 0.261 e. The molecule has 6 heteroatoms. The average Bonchev–Trinajstić information content (AvgIpc) is 3.09. The average molecular weight is 440 g/mol. The molecule has 0 bridgehead atoms. The summed E-state index contributed by atoms with van der Waals surface area (Å²) in [7, 11) is -3.53. The Kier molecular flexibility index (Phi) is 3.66. The zero-order chi connectivity index (χ0) is 16.1. The molecule has 1 saturated carbocycles. The molecule has 4 rings (SSSR count). The Morgan fingerprint density at radius 2 is 1.78 bits per heavy atom. The number of halogens is 1. The first-order valence-corrected chi connectivity index (χ1v) is 10.2. The van der Waals surface area contributed by atoms with E-state index in [2.05, 4.69) is 44.8 Å². The van der Waals surface area contributed by atoms with Gasteiger partial charge in [0.25, 0.3) is 10.0 Å². The summed E-state index contributed by atoms with van der Waals surface area (Å²) in [6.45, 7) is 2.13. The van der Waals surface area contributed by atoms with Crippen LogP contribution in [0.1, 0.15) is 12.0 Å². The van der Waals surface area contributed by atoms with Crippen molar-refractivity contribution in [2.75, 3.05) is 17.8 Å². The van der Waals surface area contributed by atoms with Crippen LogP contribution in [0, 0.1) is 9.49 Å². The quantitative estimate of drug-likeness (QED) is 0.719. The molecule has 4 nitrogen and oxygen atoms in total. The molecule has 2 aliphatic rings. The molecule has 0 spiro atoms. The summed E-state index contributed by atoms with van der Waals surface area (Å²) in [5, 5.41) is 3.43. The summed E-state index contributed by atoms with van der Waals surface area (Å²) in [6, 6.07) is 14.7. The van der Waals surface area contributed by atoms with Crippen LogP contribution in [-0.2, 0) is 15.4 Å². The van der Waals surface area contributed by atoms with Gasteiger partial charge >= 0.3 is 0 Å². The van der Waals surface area contributed by atoms with E-state index in [1.165, 1.54) is 12.0 Å². The highest BCUT2D eigenvalue weighted by molar-refractivity contribution is 14.1. The topological polar surface area (TPSA) is 58.2 Å². The molecule has 2 N–H and O–H groups in total. The molecule has 2 aromatic carbocycles. The van der Waals surface area contributed by atoms with E-state index in [1.54, 1.807) is 24.3 Å². The maximum atomic E-state index is 12.4. The zero-order valence-electron chi connectivity index (χ0n) is 12.4. The molecule has 1 aliphatic carbocycles. The third-order valence-corrected chi connectivity index (χ3v) is 7.02. The third-order valence-electron chi connectivity index (χ3n) is 4.90. The first kappa shape index (κ1) is 15.4. The second kappa shape index (κ2) is 5.46. The number of sulfonamides is 1. The van der Waals surface area contributed by atoms with Crippen LogP contribution in [0.25, 0.3) is 0 Å². The van der Waals surface area contributed by atoms with Gasteiger partial charge in [0.15, 0.2) is 0 Å². The molecule has 2 atom stereocenters. The summed E-state index contributed by atoms with van der Waals surface area (Å²) in [5.41, 5.74) is 2.21. The van der Waals surface area contributed by atoms with E-state index in [4.69, 9.17) is 0 Å². The normalized spacial score (nSPS) is 25.9. The highest BCUT2D eigenvalue weighted by Crippen LogP contribution is 2.56. The second-order valence-electron chi connectivity index (χ2n) is 6.32. The van der Waals surface area contributed by atoms with Crippen LogP contribution in [-0.4, -0.2) is 21.5 Å². The Morgan fingerprint density at radius 1 is 1.09 bits per heavy atom. The zero-order valence-corrected chi connectivity index (χ0v) is 15.4. The number of benzene rings is 2. The van der Waals surface area contributed by atoms with Gasteiger partial charge in [-0.3, -0.25) is 4.72 Å². The summed E-state index contributed by atoms with van der Waals surface area (Å²) < 4.78 is 28.5. The van der Waals surface area contributed by atoms with E-state index in [-0.39, 0.29) is 4.90 Å². The van der Waals surface area contributed by atoms with Crippen molar-refractivity contribution in [2.24, 2.45) is 5.92 Å². The van der Waals surface area contributed by atoms with Crippen molar-refractivity contribution in [3.8, 4) is 0 Å². The molecule has 2 aromatic rings. The Labute approximate surface area is 149 Å². The number of nitrogens with one attached hydrogen (secondary N) is 2. The van der Waals surface area contributed by atoms with E-state index < -0.39 is 10.0 Å². The van der Waals surface area contributed by atoms with Crippen LogP contribution in [0.5, 0.6) is 0 Å². The first-order valence-electron chi connectivity index (χ1n) is 7.59. The lowest BCUT2D eigenvalue weighted by molar-refractivity contribution is 0.601. The molecule has 0 unspecified atom stereocenters.